The van der Waals surface area contributed by atoms with Crippen molar-refractivity contribution in [2.45, 2.75) is 12.3 Å². The number of fused-ring (bicyclic) bond motifs is 1. The van der Waals surface area contributed by atoms with Gasteiger partial charge in [-0.05, 0) is 40.9 Å². The molecule has 1 aromatic carbocycles. The van der Waals surface area contributed by atoms with E-state index in [-0.39, 0.29) is 0 Å². The van der Waals surface area contributed by atoms with Crippen molar-refractivity contribution in [2.24, 2.45) is 0 Å². The van der Waals surface area contributed by atoms with Gasteiger partial charge in [-0.3, -0.25) is 0 Å². The van der Waals surface area contributed by atoms with Gasteiger partial charge >= 0.3 is 0 Å². The van der Waals surface area contributed by atoms with Crippen molar-refractivity contribution in [3.63, 3.8) is 0 Å². The lowest BCUT2D eigenvalue weighted by Crippen LogP contribution is -1.90. The summed E-state index contributed by atoms with van der Waals surface area (Å²) in [6, 6.07) is 6.45. The summed E-state index contributed by atoms with van der Waals surface area (Å²) in [4.78, 5) is 0. The Bertz CT molecular complexity index is 522. The Hall–Kier alpha value is -0.850. The molecule has 3 heteroatoms. The van der Waals surface area contributed by atoms with Crippen LogP contribution in [0.5, 0.6) is 0 Å². The number of rotatable bonds is 1. The molecule has 0 saturated carbocycles. The van der Waals surface area contributed by atoms with E-state index in [9.17, 15) is 0 Å². The Kier molecular flexibility index (Phi) is 2.58. The molecule has 1 nitrogen and oxygen atoms in total. The lowest BCUT2D eigenvalue weighted by molar-refractivity contribution is 1.34. The van der Waals surface area contributed by atoms with E-state index in [0.717, 1.165) is 22.0 Å². The van der Waals surface area contributed by atoms with Crippen molar-refractivity contribution in [2.75, 3.05) is 0 Å². The van der Waals surface area contributed by atoms with Gasteiger partial charge in [0.2, 0.25) is 0 Å². The van der Waals surface area contributed by atoms with E-state index in [0.29, 0.717) is 0 Å². The third-order valence-corrected chi connectivity index (χ3v) is 3.82. The first-order valence-electron chi connectivity index (χ1n) is 4.23. The molecule has 0 aliphatic rings. The van der Waals surface area contributed by atoms with E-state index in [4.69, 9.17) is 5.26 Å². The average Bonchev–Trinajstić information content (AvgIpc) is 2.65. The largest absolute Gasteiger partial charge is 0.192 e. The second kappa shape index (κ2) is 3.72. The maximum atomic E-state index is 9.06. The molecule has 0 saturated heterocycles. The van der Waals surface area contributed by atoms with Crippen molar-refractivity contribution in [1.29, 1.82) is 5.26 Å². The summed E-state index contributed by atoms with van der Waals surface area (Å²) in [5.74, 6) is 0. The fourth-order valence-electron chi connectivity index (χ4n) is 1.61. The predicted octanol–water partition coefficient (Wildman–Crippen LogP) is 3.98. The average molecular weight is 266 g/mol. The molecule has 0 amide bonds. The van der Waals surface area contributed by atoms with Crippen molar-refractivity contribution in [3.05, 3.63) is 34.2 Å². The van der Waals surface area contributed by atoms with E-state index in [1.165, 1.54) is 10.1 Å². The Labute approximate surface area is 95.1 Å². The number of nitriles is 1. The number of hydrogen-bond acceptors (Lipinski definition) is 2. The molecule has 0 atom stereocenters. The van der Waals surface area contributed by atoms with Gasteiger partial charge in [-0.2, -0.15) is 5.26 Å². The van der Waals surface area contributed by atoms with Gasteiger partial charge in [0.15, 0.2) is 0 Å². The van der Waals surface area contributed by atoms with Crippen LogP contribution < -0.4 is 0 Å². The van der Waals surface area contributed by atoms with Gasteiger partial charge in [-0.15, -0.1) is 11.3 Å². The molecule has 0 fully saturated rings. The predicted molar refractivity (Wildman–Crippen MR) is 63.9 cm³/mol. The monoisotopic (exact) mass is 265 g/mol. The number of aryl methyl sites for hydroxylation is 1. The summed E-state index contributed by atoms with van der Waals surface area (Å²) >= 11 is 5.13. The molecule has 1 heterocycles. The molecule has 0 bridgehead atoms. The normalized spacial score (nSPS) is 10.4. The highest BCUT2D eigenvalue weighted by molar-refractivity contribution is 9.08. The number of halogens is 1. The van der Waals surface area contributed by atoms with Crippen LogP contribution in [0.1, 0.15) is 16.7 Å². The zero-order valence-corrected chi connectivity index (χ0v) is 10.1. The second-order valence-electron chi connectivity index (χ2n) is 3.11. The lowest BCUT2D eigenvalue weighted by atomic mass is 10.0. The lowest BCUT2D eigenvalue weighted by Gasteiger charge is -2.04. The molecule has 0 aliphatic carbocycles. The van der Waals surface area contributed by atoms with E-state index in [1.54, 1.807) is 11.3 Å². The van der Waals surface area contributed by atoms with Crippen LogP contribution >= 0.6 is 27.3 Å². The summed E-state index contributed by atoms with van der Waals surface area (Å²) in [7, 11) is 0. The van der Waals surface area contributed by atoms with E-state index in [2.05, 4.69) is 39.5 Å². The number of nitrogens with zero attached hydrogens (tertiary/aromatic N) is 1. The van der Waals surface area contributed by atoms with Crippen LogP contribution in [-0.4, -0.2) is 0 Å². The summed E-state index contributed by atoms with van der Waals surface area (Å²) in [6.07, 6.45) is 0. The zero-order valence-electron chi connectivity index (χ0n) is 7.67. The van der Waals surface area contributed by atoms with Crippen molar-refractivity contribution in [3.8, 4) is 6.07 Å². The Morgan fingerprint density at radius 2 is 2.36 bits per heavy atom. The summed E-state index contributed by atoms with van der Waals surface area (Å²) < 4.78 is 1.26. The maximum absolute atomic E-state index is 9.06. The second-order valence-corrected chi connectivity index (χ2v) is 4.62. The van der Waals surface area contributed by atoms with E-state index in [1.807, 2.05) is 6.92 Å². The van der Waals surface area contributed by atoms with E-state index < -0.39 is 0 Å². The SMILES string of the molecule is Cc1c(C#N)c(CBr)cc2sccc12. The Morgan fingerprint density at radius 3 is 3.00 bits per heavy atom. The molecule has 70 valence electrons. The minimum absolute atomic E-state index is 0.741. The molecule has 14 heavy (non-hydrogen) atoms. The molecule has 0 radical (unpaired) electrons. The van der Waals surface area contributed by atoms with Crippen LogP contribution in [0.25, 0.3) is 10.1 Å². The third-order valence-electron chi connectivity index (χ3n) is 2.36. The van der Waals surface area contributed by atoms with Crippen molar-refractivity contribution >= 4 is 37.4 Å². The first kappa shape index (κ1) is 9.70. The maximum Gasteiger partial charge on any atom is 0.0997 e. The number of alkyl halides is 1. The van der Waals surface area contributed by atoms with Gasteiger partial charge in [0, 0.05) is 10.0 Å². The number of hydrogen-bond donors (Lipinski definition) is 0. The minimum atomic E-state index is 0.741. The number of thiophene rings is 1. The summed E-state index contributed by atoms with van der Waals surface area (Å²) in [5, 5.41) is 13.1. The Morgan fingerprint density at radius 1 is 1.57 bits per heavy atom. The van der Waals surface area contributed by atoms with Crippen molar-refractivity contribution < 1.29 is 0 Å². The highest BCUT2D eigenvalue weighted by Gasteiger charge is 2.09. The standard InChI is InChI=1S/C11H8BrNS/c1-7-9-2-3-14-11(9)4-8(5-12)10(7)6-13/h2-4H,5H2,1H3. The van der Waals surface area contributed by atoms with Crippen LogP contribution in [0.3, 0.4) is 0 Å². The van der Waals surface area contributed by atoms with Crippen LogP contribution in [0, 0.1) is 18.3 Å². The molecular formula is C11H8BrNS. The van der Waals surface area contributed by atoms with Gasteiger partial charge in [-0.1, -0.05) is 15.9 Å². The van der Waals surface area contributed by atoms with Gasteiger partial charge in [0.1, 0.15) is 0 Å². The summed E-state index contributed by atoms with van der Waals surface area (Å²) in [5.41, 5.74) is 2.99. The molecule has 0 unspecified atom stereocenters. The fourth-order valence-corrected chi connectivity index (χ4v) is 2.96. The molecule has 1 aromatic heterocycles. The van der Waals surface area contributed by atoms with Gasteiger partial charge in [0.25, 0.3) is 0 Å². The van der Waals surface area contributed by atoms with Crippen LogP contribution in [0.2, 0.25) is 0 Å². The first-order valence-corrected chi connectivity index (χ1v) is 6.23. The molecule has 0 spiro atoms. The van der Waals surface area contributed by atoms with Gasteiger partial charge in [0.05, 0.1) is 11.6 Å². The van der Waals surface area contributed by atoms with Crippen LogP contribution in [0.4, 0.5) is 0 Å². The highest BCUT2D eigenvalue weighted by atomic mass is 79.9. The zero-order chi connectivity index (χ0) is 10.1. The quantitative estimate of drug-likeness (QED) is 0.716. The topological polar surface area (TPSA) is 23.8 Å². The highest BCUT2D eigenvalue weighted by Crippen LogP contribution is 2.29. The van der Waals surface area contributed by atoms with Crippen LogP contribution in [0.15, 0.2) is 17.5 Å². The van der Waals surface area contributed by atoms with Crippen molar-refractivity contribution in [1.82, 2.24) is 0 Å². The molecule has 2 aromatic rings. The third kappa shape index (κ3) is 1.35. The van der Waals surface area contributed by atoms with Gasteiger partial charge < -0.3 is 0 Å². The first-order chi connectivity index (χ1) is 6.77. The minimum Gasteiger partial charge on any atom is -0.192 e. The summed E-state index contributed by atoms with van der Waals surface area (Å²) in [6.45, 7) is 2.01. The number of benzene rings is 1. The fraction of sp³-hybridized carbons (Fsp3) is 0.182. The molecule has 0 aliphatic heterocycles. The molecule has 0 N–H and O–H groups in total. The van der Waals surface area contributed by atoms with Crippen LogP contribution in [-0.2, 0) is 5.33 Å². The Balaban J connectivity index is 2.88. The van der Waals surface area contributed by atoms with Gasteiger partial charge in [-0.25, -0.2) is 0 Å². The molecule has 2 rings (SSSR count). The molecular weight excluding hydrogens is 258 g/mol. The van der Waals surface area contributed by atoms with E-state index >= 15 is 0 Å². The smallest absolute Gasteiger partial charge is 0.0997 e.